The molecule has 0 radical (unpaired) electrons. The van der Waals surface area contributed by atoms with E-state index in [1.54, 1.807) is 13.8 Å². The standard InChI is InChI=1S/C15H27N3O5Si/c1-14(2,3)24(6,7)20-8-9(17-18-16)10-11-12(13(19)21-10)23-15(4,5)22-11/h9-12H,8H2,1-7H3/t9-,10-,11+,12+/m0/s1. The molecule has 0 aliphatic carbocycles. The molecule has 0 unspecified atom stereocenters. The lowest BCUT2D eigenvalue weighted by atomic mass is 10.1. The zero-order valence-electron chi connectivity index (χ0n) is 15.4. The summed E-state index contributed by atoms with van der Waals surface area (Å²) in [5.41, 5.74) is 8.90. The number of esters is 1. The van der Waals surface area contributed by atoms with Gasteiger partial charge in [-0.1, -0.05) is 25.9 Å². The van der Waals surface area contributed by atoms with Crippen molar-refractivity contribution < 1.29 is 23.4 Å². The average Bonchev–Trinajstić information content (AvgIpc) is 2.88. The highest BCUT2D eigenvalue weighted by atomic mass is 28.4. The van der Waals surface area contributed by atoms with E-state index in [1.807, 2.05) is 0 Å². The highest BCUT2D eigenvalue weighted by Gasteiger charge is 2.58. The van der Waals surface area contributed by atoms with Crippen molar-refractivity contribution in [2.45, 2.75) is 82.9 Å². The maximum atomic E-state index is 12.0. The summed E-state index contributed by atoms with van der Waals surface area (Å²) >= 11 is 0. The topological polar surface area (TPSA) is 103 Å². The van der Waals surface area contributed by atoms with Crippen molar-refractivity contribution in [3.8, 4) is 0 Å². The van der Waals surface area contributed by atoms with Gasteiger partial charge in [-0.15, -0.1) is 0 Å². The van der Waals surface area contributed by atoms with Gasteiger partial charge in [0.15, 0.2) is 20.2 Å². The molecule has 9 heteroatoms. The van der Waals surface area contributed by atoms with Crippen LogP contribution in [0.2, 0.25) is 18.1 Å². The summed E-state index contributed by atoms with van der Waals surface area (Å²) in [5.74, 6) is -1.35. The lowest BCUT2D eigenvalue weighted by Crippen LogP contribution is -2.46. The van der Waals surface area contributed by atoms with Gasteiger partial charge in [0.05, 0.1) is 6.04 Å². The van der Waals surface area contributed by atoms with Crippen LogP contribution in [0.3, 0.4) is 0 Å². The van der Waals surface area contributed by atoms with Crippen molar-refractivity contribution >= 4 is 14.3 Å². The molecule has 2 fully saturated rings. The molecule has 2 aliphatic heterocycles. The highest BCUT2D eigenvalue weighted by molar-refractivity contribution is 6.74. The normalized spacial score (nSPS) is 30.5. The summed E-state index contributed by atoms with van der Waals surface area (Å²) in [5, 5.41) is 3.82. The summed E-state index contributed by atoms with van der Waals surface area (Å²) in [6.07, 6.45) is -2.08. The molecule has 0 aromatic carbocycles. The average molecular weight is 357 g/mol. The van der Waals surface area contributed by atoms with E-state index < -0.39 is 44.4 Å². The number of carbonyl (C=O) groups excluding carboxylic acids is 1. The predicted octanol–water partition coefficient (Wildman–Crippen LogP) is 3.13. The molecule has 0 amide bonds. The number of carbonyl (C=O) groups is 1. The zero-order chi connectivity index (χ0) is 18.3. The molecule has 0 spiro atoms. The molecule has 0 bridgehead atoms. The van der Waals surface area contributed by atoms with E-state index in [1.165, 1.54) is 0 Å². The van der Waals surface area contributed by atoms with Gasteiger partial charge in [0.1, 0.15) is 12.2 Å². The van der Waals surface area contributed by atoms with Gasteiger partial charge < -0.3 is 18.6 Å². The van der Waals surface area contributed by atoms with Crippen molar-refractivity contribution in [2.24, 2.45) is 5.11 Å². The van der Waals surface area contributed by atoms with Crippen molar-refractivity contribution in [2.75, 3.05) is 6.61 Å². The molecular formula is C15H27N3O5Si. The Morgan fingerprint density at radius 1 is 1.38 bits per heavy atom. The van der Waals surface area contributed by atoms with Crippen LogP contribution >= 0.6 is 0 Å². The monoisotopic (exact) mass is 357 g/mol. The second kappa shape index (κ2) is 6.31. The second-order valence-electron chi connectivity index (χ2n) is 8.27. The zero-order valence-corrected chi connectivity index (χ0v) is 16.4. The Kier molecular flexibility index (Phi) is 5.05. The van der Waals surface area contributed by atoms with Crippen LogP contribution in [0.25, 0.3) is 10.4 Å². The van der Waals surface area contributed by atoms with Gasteiger partial charge in [-0.2, -0.15) is 0 Å². The predicted molar refractivity (Wildman–Crippen MR) is 89.8 cm³/mol. The number of fused-ring (bicyclic) bond motifs is 1. The minimum absolute atomic E-state index is 0.0256. The first-order chi connectivity index (χ1) is 10.9. The fraction of sp³-hybridized carbons (Fsp3) is 0.933. The van der Waals surface area contributed by atoms with E-state index in [2.05, 4.69) is 43.9 Å². The Bertz CT molecular complexity index is 554. The number of rotatable bonds is 5. The molecule has 0 aromatic heterocycles. The van der Waals surface area contributed by atoms with Gasteiger partial charge in [-0.25, -0.2) is 4.79 Å². The molecule has 0 saturated carbocycles. The Morgan fingerprint density at radius 2 is 2.00 bits per heavy atom. The van der Waals surface area contributed by atoms with E-state index in [9.17, 15) is 4.79 Å². The largest absolute Gasteiger partial charge is 0.457 e. The van der Waals surface area contributed by atoms with E-state index in [-0.39, 0.29) is 11.6 Å². The first kappa shape index (κ1) is 19.2. The Balaban J connectivity index is 2.14. The van der Waals surface area contributed by atoms with Crippen molar-refractivity contribution in [3.05, 3.63) is 10.4 Å². The maximum absolute atomic E-state index is 12.0. The quantitative estimate of drug-likeness (QED) is 0.247. The molecule has 0 aromatic rings. The van der Waals surface area contributed by atoms with Gasteiger partial charge in [0.25, 0.3) is 0 Å². The van der Waals surface area contributed by atoms with Gasteiger partial charge in [0, 0.05) is 11.5 Å². The third kappa shape index (κ3) is 3.75. The van der Waals surface area contributed by atoms with Crippen LogP contribution in [-0.4, -0.2) is 51.0 Å². The highest BCUT2D eigenvalue weighted by Crippen LogP contribution is 2.39. The molecule has 24 heavy (non-hydrogen) atoms. The fourth-order valence-corrected chi connectivity index (χ4v) is 3.57. The number of hydrogen-bond acceptors (Lipinski definition) is 6. The van der Waals surface area contributed by atoms with Crippen molar-refractivity contribution in [3.63, 3.8) is 0 Å². The third-order valence-corrected chi connectivity index (χ3v) is 9.44. The van der Waals surface area contributed by atoms with Gasteiger partial charge in [0.2, 0.25) is 0 Å². The summed E-state index contributed by atoms with van der Waals surface area (Å²) in [7, 11) is -2.02. The molecule has 2 saturated heterocycles. The summed E-state index contributed by atoms with van der Waals surface area (Å²) in [6.45, 7) is 14.3. The number of cyclic esters (lactones) is 1. The summed E-state index contributed by atoms with van der Waals surface area (Å²) < 4.78 is 22.9. The number of hydrogen-bond donors (Lipinski definition) is 0. The van der Waals surface area contributed by atoms with Crippen molar-refractivity contribution in [1.29, 1.82) is 0 Å². The number of azide groups is 1. The van der Waals surface area contributed by atoms with Gasteiger partial charge in [-0.05, 0) is 37.5 Å². The van der Waals surface area contributed by atoms with Crippen LogP contribution < -0.4 is 0 Å². The lowest BCUT2D eigenvalue weighted by molar-refractivity contribution is -0.188. The first-order valence-electron chi connectivity index (χ1n) is 8.12. The molecule has 4 atom stereocenters. The molecule has 0 N–H and O–H groups in total. The van der Waals surface area contributed by atoms with Crippen LogP contribution in [0, 0.1) is 0 Å². The van der Waals surface area contributed by atoms with Crippen LogP contribution in [0.15, 0.2) is 5.11 Å². The number of ether oxygens (including phenoxy) is 3. The molecule has 2 aliphatic rings. The fourth-order valence-electron chi connectivity index (χ4n) is 2.55. The van der Waals surface area contributed by atoms with E-state index in [4.69, 9.17) is 24.2 Å². The third-order valence-electron chi connectivity index (χ3n) is 4.94. The van der Waals surface area contributed by atoms with E-state index in [0.717, 1.165) is 0 Å². The molecule has 136 valence electrons. The minimum Gasteiger partial charge on any atom is -0.457 e. The smallest absolute Gasteiger partial charge is 0.338 e. The first-order valence-corrected chi connectivity index (χ1v) is 11.0. The molecular weight excluding hydrogens is 330 g/mol. The summed E-state index contributed by atoms with van der Waals surface area (Å²) in [6, 6.07) is -0.652. The maximum Gasteiger partial charge on any atom is 0.338 e. The lowest BCUT2D eigenvalue weighted by Gasteiger charge is -2.37. The Labute approximate surface area is 143 Å². The van der Waals surface area contributed by atoms with Crippen LogP contribution in [0.5, 0.6) is 0 Å². The second-order valence-corrected chi connectivity index (χ2v) is 13.1. The molecule has 2 rings (SSSR count). The van der Waals surface area contributed by atoms with E-state index in [0.29, 0.717) is 0 Å². The van der Waals surface area contributed by atoms with Crippen LogP contribution in [0.1, 0.15) is 34.6 Å². The minimum atomic E-state index is -2.02. The van der Waals surface area contributed by atoms with Crippen LogP contribution in [0.4, 0.5) is 0 Å². The summed E-state index contributed by atoms with van der Waals surface area (Å²) in [4.78, 5) is 14.9. The molecule has 2 heterocycles. The van der Waals surface area contributed by atoms with Gasteiger partial charge >= 0.3 is 5.97 Å². The van der Waals surface area contributed by atoms with Crippen LogP contribution in [-0.2, 0) is 23.4 Å². The van der Waals surface area contributed by atoms with Gasteiger partial charge in [-0.3, -0.25) is 0 Å². The Hall–Kier alpha value is -1.12. The SMILES string of the molecule is CC1(C)O[C@@H]2[C@H]([C@H](CO[Si](C)(C)C(C)(C)C)N=[N+]=[N-])OC(=O)[C@@H]2O1. The van der Waals surface area contributed by atoms with Crippen molar-refractivity contribution in [1.82, 2.24) is 0 Å². The molecule has 8 nitrogen and oxygen atoms in total. The van der Waals surface area contributed by atoms with E-state index >= 15 is 0 Å². The number of nitrogens with zero attached hydrogens (tertiary/aromatic N) is 3. The Morgan fingerprint density at radius 3 is 2.54 bits per heavy atom.